The summed E-state index contributed by atoms with van der Waals surface area (Å²) in [5.41, 5.74) is -2.60. The second-order valence-electron chi connectivity index (χ2n) is 3.43. The van der Waals surface area contributed by atoms with Crippen molar-refractivity contribution in [1.29, 1.82) is 0 Å². The van der Waals surface area contributed by atoms with Crippen molar-refractivity contribution in [3.8, 4) is 0 Å². The quantitative estimate of drug-likeness (QED) is 0.685. The van der Waals surface area contributed by atoms with E-state index in [1.807, 2.05) is 0 Å². The van der Waals surface area contributed by atoms with E-state index in [4.69, 9.17) is 5.11 Å². The zero-order valence-corrected chi connectivity index (χ0v) is 6.78. The third-order valence-corrected chi connectivity index (χ3v) is 1.92. The lowest BCUT2D eigenvalue weighted by atomic mass is 10.1. The van der Waals surface area contributed by atoms with E-state index in [1.54, 1.807) is 0 Å². The summed E-state index contributed by atoms with van der Waals surface area (Å²) < 4.78 is 36.0. The lowest BCUT2D eigenvalue weighted by Gasteiger charge is -2.26. The molecule has 1 fully saturated rings. The highest BCUT2D eigenvalue weighted by Gasteiger charge is 2.50. The molecule has 0 aliphatic heterocycles. The minimum atomic E-state index is -4.55. The van der Waals surface area contributed by atoms with Gasteiger partial charge in [-0.25, -0.2) is 0 Å². The average molecular weight is 183 g/mol. The monoisotopic (exact) mass is 183 g/mol. The van der Waals surface area contributed by atoms with Gasteiger partial charge in [0.25, 0.3) is 0 Å². The Bertz CT molecular complexity index is 163. The molecule has 1 atom stereocenters. The Kier molecular flexibility index (Phi) is 2.35. The Morgan fingerprint density at radius 2 is 1.92 bits per heavy atom. The van der Waals surface area contributed by atoms with Crippen molar-refractivity contribution in [2.45, 2.75) is 37.6 Å². The number of hydrogen-bond donors (Lipinski definition) is 2. The summed E-state index contributed by atoms with van der Waals surface area (Å²) >= 11 is 0. The van der Waals surface area contributed by atoms with Crippen LogP contribution in [0.3, 0.4) is 0 Å². The van der Waals surface area contributed by atoms with Gasteiger partial charge in [-0.2, -0.15) is 13.2 Å². The van der Waals surface area contributed by atoms with Crippen LogP contribution in [0.5, 0.6) is 0 Å². The topological polar surface area (TPSA) is 32.3 Å². The molecule has 12 heavy (non-hydrogen) atoms. The van der Waals surface area contributed by atoms with Gasteiger partial charge in [0.2, 0.25) is 0 Å². The molecule has 0 spiro atoms. The molecule has 72 valence electrons. The third kappa shape index (κ3) is 2.35. The van der Waals surface area contributed by atoms with Crippen LogP contribution in [0.25, 0.3) is 0 Å². The van der Waals surface area contributed by atoms with E-state index in [9.17, 15) is 13.2 Å². The van der Waals surface area contributed by atoms with E-state index in [2.05, 4.69) is 5.32 Å². The number of nitrogens with one attached hydrogen (secondary N) is 1. The van der Waals surface area contributed by atoms with Gasteiger partial charge in [-0.15, -0.1) is 0 Å². The summed E-state index contributed by atoms with van der Waals surface area (Å²) in [6.45, 7) is 0.365. The summed E-state index contributed by atoms with van der Waals surface area (Å²) in [4.78, 5) is 0. The first-order chi connectivity index (χ1) is 5.33. The minimum absolute atomic E-state index is 0.179. The maximum absolute atomic E-state index is 12.0. The van der Waals surface area contributed by atoms with Gasteiger partial charge in [0.1, 0.15) is 0 Å². The Morgan fingerprint density at radius 1 is 1.42 bits per heavy atom. The van der Waals surface area contributed by atoms with E-state index in [0.29, 0.717) is 0 Å². The molecule has 1 unspecified atom stereocenters. The van der Waals surface area contributed by atoms with Crippen molar-refractivity contribution in [2.75, 3.05) is 6.54 Å². The maximum atomic E-state index is 12.0. The van der Waals surface area contributed by atoms with Gasteiger partial charge in [-0.1, -0.05) is 0 Å². The molecule has 5 heteroatoms. The molecule has 1 aliphatic carbocycles. The Morgan fingerprint density at radius 3 is 2.25 bits per heavy atom. The number of hydrogen-bond acceptors (Lipinski definition) is 2. The molecule has 2 nitrogen and oxygen atoms in total. The van der Waals surface area contributed by atoms with Crippen molar-refractivity contribution in [2.24, 2.45) is 0 Å². The first-order valence-corrected chi connectivity index (χ1v) is 3.85. The van der Waals surface area contributed by atoms with Crippen LogP contribution in [0.2, 0.25) is 0 Å². The highest BCUT2D eigenvalue weighted by molar-refractivity contribution is 4.89. The van der Waals surface area contributed by atoms with Crippen molar-refractivity contribution in [3.63, 3.8) is 0 Å². The predicted octanol–water partition coefficient (Wildman–Crippen LogP) is 1.05. The number of aliphatic hydroxyl groups is 1. The van der Waals surface area contributed by atoms with Crippen LogP contribution in [0.15, 0.2) is 0 Å². The van der Waals surface area contributed by atoms with Crippen LogP contribution in [0.4, 0.5) is 13.2 Å². The van der Waals surface area contributed by atoms with Crippen molar-refractivity contribution < 1.29 is 18.3 Å². The molecule has 0 aromatic carbocycles. The molecule has 1 saturated carbocycles. The molecule has 0 amide bonds. The summed E-state index contributed by atoms with van der Waals surface area (Å²) in [6.07, 6.45) is -2.73. The molecule has 0 aromatic heterocycles. The zero-order valence-electron chi connectivity index (χ0n) is 6.78. The molecular weight excluding hydrogens is 171 g/mol. The summed E-state index contributed by atoms with van der Waals surface area (Å²) in [5.74, 6) is 0. The minimum Gasteiger partial charge on any atom is -0.380 e. The van der Waals surface area contributed by atoms with E-state index >= 15 is 0 Å². The Labute approximate surface area is 68.8 Å². The predicted molar refractivity (Wildman–Crippen MR) is 37.7 cm³/mol. The average Bonchev–Trinajstić information content (AvgIpc) is 2.62. The van der Waals surface area contributed by atoms with E-state index in [1.165, 1.54) is 0 Å². The molecule has 1 aliphatic rings. The van der Waals surface area contributed by atoms with Gasteiger partial charge in [-0.05, 0) is 19.8 Å². The normalized spacial score (nSPS) is 23.8. The van der Waals surface area contributed by atoms with Crippen molar-refractivity contribution >= 4 is 0 Å². The van der Waals surface area contributed by atoms with Gasteiger partial charge in [-0.3, -0.25) is 0 Å². The zero-order chi connectivity index (χ0) is 9.41. The first-order valence-electron chi connectivity index (χ1n) is 3.85. The smallest absolute Gasteiger partial charge is 0.380 e. The van der Waals surface area contributed by atoms with Gasteiger partial charge in [0.05, 0.1) is 0 Å². The molecule has 0 aromatic rings. The van der Waals surface area contributed by atoms with Crippen LogP contribution < -0.4 is 5.32 Å². The molecular formula is C7H12F3NO. The number of alkyl halides is 3. The third-order valence-electron chi connectivity index (χ3n) is 1.92. The van der Waals surface area contributed by atoms with Gasteiger partial charge >= 0.3 is 6.18 Å². The van der Waals surface area contributed by atoms with Crippen LogP contribution in [-0.2, 0) is 0 Å². The van der Waals surface area contributed by atoms with Crippen molar-refractivity contribution in [3.05, 3.63) is 0 Å². The first kappa shape index (κ1) is 9.80. The molecule has 1 rings (SSSR count). The lowest BCUT2D eigenvalue weighted by Crippen LogP contribution is -2.50. The lowest BCUT2D eigenvalue weighted by molar-refractivity contribution is -0.250. The maximum Gasteiger partial charge on any atom is 0.418 e. The van der Waals surface area contributed by atoms with Crippen LogP contribution in [-0.4, -0.2) is 29.5 Å². The summed E-state index contributed by atoms with van der Waals surface area (Å²) in [7, 11) is 0. The van der Waals surface area contributed by atoms with E-state index < -0.39 is 18.3 Å². The Hall–Kier alpha value is -0.290. The molecule has 0 heterocycles. The van der Waals surface area contributed by atoms with Crippen LogP contribution >= 0.6 is 0 Å². The van der Waals surface area contributed by atoms with E-state index in [-0.39, 0.29) is 6.04 Å². The number of halogens is 3. The van der Waals surface area contributed by atoms with Crippen LogP contribution in [0, 0.1) is 0 Å². The molecule has 0 saturated heterocycles. The summed E-state index contributed by atoms with van der Waals surface area (Å²) in [6, 6.07) is 0.179. The van der Waals surface area contributed by atoms with Crippen LogP contribution in [0.1, 0.15) is 19.8 Å². The van der Waals surface area contributed by atoms with Crippen molar-refractivity contribution in [1.82, 2.24) is 5.32 Å². The Balaban J connectivity index is 2.35. The highest BCUT2D eigenvalue weighted by Crippen LogP contribution is 2.30. The molecule has 0 bridgehead atoms. The van der Waals surface area contributed by atoms with Gasteiger partial charge in [0, 0.05) is 12.6 Å². The highest BCUT2D eigenvalue weighted by atomic mass is 19.4. The molecule has 0 radical (unpaired) electrons. The SMILES string of the molecule is CC(O)(CNC1CC1)C(F)(F)F. The standard InChI is InChI=1S/C7H12F3NO/c1-6(12,7(8,9)10)4-11-5-2-3-5/h5,11-12H,2-4H2,1H3. The fourth-order valence-electron chi connectivity index (χ4n) is 0.731. The number of rotatable bonds is 3. The van der Waals surface area contributed by atoms with Gasteiger partial charge < -0.3 is 10.4 Å². The summed E-state index contributed by atoms with van der Waals surface area (Å²) in [5, 5.41) is 11.6. The fourth-order valence-corrected chi connectivity index (χ4v) is 0.731. The largest absolute Gasteiger partial charge is 0.418 e. The van der Waals surface area contributed by atoms with E-state index in [0.717, 1.165) is 19.8 Å². The second kappa shape index (κ2) is 2.88. The fraction of sp³-hybridized carbons (Fsp3) is 1.00. The second-order valence-corrected chi connectivity index (χ2v) is 3.43. The molecule has 2 N–H and O–H groups in total. The van der Waals surface area contributed by atoms with Gasteiger partial charge in [0.15, 0.2) is 5.60 Å².